The van der Waals surface area contributed by atoms with Gasteiger partial charge in [-0.2, -0.15) is 0 Å². The van der Waals surface area contributed by atoms with Crippen LogP contribution in [0.3, 0.4) is 0 Å². The topological polar surface area (TPSA) is 29.3 Å². The summed E-state index contributed by atoms with van der Waals surface area (Å²) in [6.45, 7) is 7.86. The van der Waals surface area contributed by atoms with Crippen molar-refractivity contribution >= 4 is 5.97 Å². The van der Waals surface area contributed by atoms with Gasteiger partial charge < -0.3 is 4.74 Å². The molecule has 74 valence electrons. The van der Waals surface area contributed by atoms with E-state index in [1.807, 2.05) is 20.8 Å². The van der Waals surface area contributed by atoms with Crippen LogP contribution in [-0.2, 0) is 9.53 Å². The minimum Gasteiger partial charge on any atom is -0.460 e. The molecule has 2 fully saturated rings. The maximum Gasteiger partial charge on any atom is 0.310 e. The number of esters is 1. The van der Waals surface area contributed by atoms with Gasteiger partial charge in [-0.05, 0) is 27.2 Å². The van der Waals surface area contributed by atoms with E-state index in [0.717, 1.165) is 13.0 Å². The van der Waals surface area contributed by atoms with Crippen molar-refractivity contribution in [1.29, 1.82) is 0 Å². The molecule has 3 heteroatoms. The van der Waals surface area contributed by atoms with E-state index in [-0.39, 0.29) is 17.5 Å². The molecule has 0 saturated carbocycles. The molecular formula is C10H17NO2. The van der Waals surface area contributed by atoms with Gasteiger partial charge in [0.25, 0.3) is 0 Å². The molecule has 3 atom stereocenters. The van der Waals surface area contributed by atoms with Gasteiger partial charge >= 0.3 is 5.97 Å². The molecule has 2 aliphatic heterocycles. The number of carbonyl (C=O) groups is 1. The van der Waals surface area contributed by atoms with Crippen molar-refractivity contribution < 1.29 is 9.53 Å². The largest absolute Gasteiger partial charge is 0.460 e. The van der Waals surface area contributed by atoms with E-state index in [2.05, 4.69) is 4.90 Å². The number of carbonyl (C=O) groups excluding carboxylic acids is 1. The predicted molar refractivity (Wildman–Crippen MR) is 49.3 cm³/mol. The zero-order chi connectivity index (χ0) is 9.64. The lowest BCUT2D eigenvalue weighted by Crippen LogP contribution is -2.30. The van der Waals surface area contributed by atoms with Crippen LogP contribution in [0.2, 0.25) is 0 Å². The smallest absolute Gasteiger partial charge is 0.310 e. The quantitative estimate of drug-likeness (QED) is 0.449. The third kappa shape index (κ3) is 2.02. The van der Waals surface area contributed by atoms with Gasteiger partial charge in [0, 0.05) is 19.1 Å². The molecule has 0 spiro atoms. The van der Waals surface area contributed by atoms with Gasteiger partial charge in [0.2, 0.25) is 0 Å². The summed E-state index contributed by atoms with van der Waals surface area (Å²) >= 11 is 0. The van der Waals surface area contributed by atoms with Crippen LogP contribution in [-0.4, -0.2) is 35.6 Å². The van der Waals surface area contributed by atoms with Gasteiger partial charge in [-0.3, -0.25) is 9.69 Å². The normalized spacial score (nSPS) is 37.0. The highest BCUT2D eigenvalue weighted by atomic mass is 16.6. The summed E-state index contributed by atoms with van der Waals surface area (Å²) in [5, 5.41) is 0. The Kier molecular flexibility index (Phi) is 1.88. The molecule has 0 radical (unpaired) electrons. The second-order valence-electron chi connectivity index (χ2n) is 5.07. The Labute approximate surface area is 79.0 Å². The van der Waals surface area contributed by atoms with Crippen LogP contribution in [0.5, 0.6) is 0 Å². The molecule has 0 amide bonds. The van der Waals surface area contributed by atoms with E-state index in [1.165, 1.54) is 6.54 Å². The first-order valence-corrected chi connectivity index (χ1v) is 4.92. The van der Waals surface area contributed by atoms with E-state index in [9.17, 15) is 4.79 Å². The van der Waals surface area contributed by atoms with Crippen molar-refractivity contribution in [3.8, 4) is 0 Å². The summed E-state index contributed by atoms with van der Waals surface area (Å²) in [5.41, 5.74) is -0.334. The van der Waals surface area contributed by atoms with Crippen LogP contribution in [0, 0.1) is 5.92 Å². The summed E-state index contributed by atoms with van der Waals surface area (Å²) in [4.78, 5) is 13.9. The van der Waals surface area contributed by atoms with Gasteiger partial charge in [-0.15, -0.1) is 0 Å². The van der Waals surface area contributed by atoms with Crippen molar-refractivity contribution in [3.63, 3.8) is 0 Å². The molecule has 2 saturated heterocycles. The predicted octanol–water partition coefficient (Wildman–Crippen LogP) is 1.03. The van der Waals surface area contributed by atoms with Crippen molar-refractivity contribution in [2.75, 3.05) is 13.1 Å². The third-order valence-electron chi connectivity index (χ3n) is 2.58. The first-order chi connectivity index (χ1) is 5.96. The van der Waals surface area contributed by atoms with Crippen LogP contribution in [0.15, 0.2) is 0 Å². The van der Waals surface area contributed by atoms with E-state index >= 15 is 0 Å². The average Bonchev–Trinajstić information content (AvgIpc) is 2.55. The van der Waals surface area contributed by atoms with Crippen LogP contribution >= 0.6 is 0 Å². The van der Waals surface area contributed by atoms with Gasteiger partial charge in [0.05, 0.1) is 5.92 Å². The Morgan fingerprint density at radius 3 is 2.54 bits per heavy atom. The van der Waals surface area contributed by atoms with Crippen LogP contribution in [0.4, 0.5) is 0 Å². The summed E-state index contributed by atoms with van der Waals surface area (Å²) in [5.74, 6) is 0.123. The number of rotatable bonds is 1. The molecule has 13 heavy (non-hydrogen) atoms. The second kappa shape index (κ2) is 2.71. The molecule has 0 bridgehead atoms. The zero-order valence-electron chi connectivity index (χ0n) is 8.54. The number of hydrogen-bond donors (Lipinski definition) is 0. The first-order valence-electron chi connectivity index (χ1n) is 4.92. The first kappa shape index (κ1) is 9.00. The maximum atomic E-state index is 11.6. The molecule has 0 aliphatic carbocycles. The second-order valence-corrected chi connectivity index (χ2v) is 5.07. The van der Waals surface area contributed by atoms with Gasteiger partial charge in [0.15, 0.2) is 0 Å². The van der Waals surface area contributed by atoms with E-state index in [4.69, 9.17) is 4.74 Å². The molecule has 2 heterocycles. The number of ether oxygens (including phenoxy) is 1. The maximum absolute atomic E-state index is 11.6. The van der Waals surface area contributed by atoms with Crippen molar-refractivity contribution in [1.82, 2.24) is 4.90 Å². The Bertz CT molecular complexity index is 222. The minimum atomic E-state index is -0.334. The van der Waals surface area contributed by atoms with Gasteiger partial charge in [-0.1, -0.05) is 0 Å². The molecular weight excluding hydrogens is 166 g/mol. The van der Waals surface area contributed by atoms with E-state index in [0.29, 0.717) is 6.04 Å². The molecule has 3 unspecified atom stereocenters. The lowest BCUT2D eigenvalue weighted by atomic mass is 10.1. The monoisotopic (exact) mass is 183 g/mol. The van der Waals surface area contributed by atoms with Crippen LogP contribution in [0.1, 0.15) is 27.2 Å². The van der Waals surface area contributed by atoms with E-state index < -0.39 is 0 Å². The fourth-order valence-corrected chi connectivity index (χ4v) is 1.91. The number of hydrogen-bond acceptors (Lipinski definition) is 3. The lowest BCUT2D eigenvalue weighted by Gasteiger charge is -2.22. The molecule has 0 aromatic heterocycles. The summed E-state index contributed by atoms with van der Waals surface area (Å²) in [6, 6.07) is 0.692. The fourth-order valence-electron chi connectivity index (χ4n) is 1.91. The Hall–Kier alpha value is -0.570. The minimum absolute atomic E-state index is 0.0142. The number of piperidine rings is 1. The summed E-state index contributed by atoms with van der Waals surface area (Å²) < 4.78 is 5.32. The van der Waals surface area contributed by atoms with E-state index in [1.54, 1.807) is 0 Å². The van der Waals surface area contributed by atoms with Crippen LogP contribution < -0.4 is 0 Å². The zero-order valence-corrected chi connectivity index (χ0v) is 8.54. The Morgan fingerprint density at radius 2 is 2.08 bits per heavy atom. The highest BCUT2D eigenvalue weighted by Gasteiger charge is 2.47. The SMILES string of the molecule is CC(C)(C)OC(=O)C1CC2CN2C1. The highest BCUT2D eigenvalue weighted by Crippen LogP contribution is 2.35. The summed E-state index contributed by atoms with van der Waals surface area (Å²) in [6.07, 6.45) is 1.01. The molecule has 2 rings (SSSR count). The molecule has 3 nitrogen and oxygen atoms in total. The highest BCUT2D eigenvalue weighted by molar-refractivity contribution is 5.74. The standard InChI is InChI=1S/C10H17NO2/c1-10(2,3)13-9(12)7-4-8-6-11(8)5-7/h7-8H,4-6H2,1-3H3. The molecule has 0 aromatic carbocycles. The Morgan fingerprint density at radius 1 is 1.38 bits per heavy atom. The fraction of sp³-hybridized carbons (Fsp3) is 0.900. The number of nitrogens with zero attached hydrogens (tertiary/aromatic N) is 1. The molecule has 2 aliphatic rings. The Balaban J connectivity index is 1.84. The van der Waals surface area contributed by atoms with Crippen molar-refractivity contribution in [2.45, 2.75) is 38.8 Å². The van der Waals surface area contributed by atoms with Crippen molar-refractivity contribution in [3.05, 3.63) is 0 Å². The van der Waals surface area contributed by atoms with Gasteiger partial charge in [0.1, 0.15) is 5.60 Å². The lowest BCUT2D eigenvalue weighted by molar-refractivity contribution is -0.159. The van der Waals surface area contributed by atoms with Gasteiger partial charge in [-0.25, -0.2) is 0 Å². The number of fused-ring (bicyclic) bond motifs is 1. The average molecular weight is 183 g/mol. The third-order valence-corrected chi connectivity index (χ3v) is 2.58. The molecule has 0 aromatic rings. The van der Waals surface area contributed by atoms with Crippen molar-refractivity contribution in [2.24, 2.45) is 5.92 Å². The summed E-state index contributed by atoms with van der Waals surface area (Å²) in [7, 11) is 0. The molecule has 0 N–H and O–H groups in total. The van der Waals surface area contributed by atoms with Crippen LogP contribution in [0.25, 0.3) is 0 Å².